The Labute approximate surface area is 177 Å². The van der Waals surface area contributed by atoms with E-state index in [4.69, 9.17) is 0 Å². The Morgan fingerprint density at radius 3 is 2.43 bits per heavy atom. The van der Waals surface area contributed by atoms with E-state index < -0.39 is 10.0 Å². The molecule has 2 amide bonds. The molecule has 0 saturated carbocycles. The summed E-state index contributed by atoms with van der Waals surface area (Å²) >= 11 is 0. The highest BCUT2D eigenvalue weighted by molar-refractivity contribution is 7.89. The summed E-state index contributed by atoms with van der Waals surface area (Å²) in [7, 11) is -0.667. The van der Waals surface area contributed by atoms with Crippen molar-refractivity contribution in [1.82, 2.24) is 4.31 Å². The van der Waals surface area contributed by atoms with Crippen LogP contribution >= 0.6 is 0 Å². The number of sulfonamides is 1. The van der Waals surface area contributed by atoms with Gasteiger partial charge in [-0.05, 0) is 54.8 Å². The molecule has 0 aromatic heterocycles. The van der Waals surface area contributed by atoms with Gasteiger partial charge in [0, 0.05) is 44.5 Å². The van der Waals surface area contributed by atoms with Crippen molar-refractivity contribution in [2.75, 3.05) is 30.9 Å². The van der Waals surface area contributed by atoms with Crippen molar-refractivity contribution in [3.63, 3.8) is 0 Å². The third-order valence-electron chi connectivity index (χ3n) is 4.95. The molecule has 0 radical (unpaired) electrons. The maximum absolute atomic E-state index is 12.3. The number of hydrogen-bond acceptors (Lipinski definition) is 4. The number of benzene rings is 2. The highest BCUT2D eigenvalue weighted by atomic mass is 32.2. The Bertz CT molecular complexity index is 1090. The van der Waals surface area contributed by atoms with Crippen LogP contribution in [-0.2, 0) is 19.6 Å². The molecule has 1 N–H and O–H groups in total. The van der Waals surface area contributed by atoms with Crippen molar-refractivity contribution in [2.24, 2.45) is 0 Å². The zero-order chi connectivity index (χ0) is 21.9. The van der Waals surface area contributed by atoms with Gasteiger partial charge in [-0.1, -0.05) is 18.2 Å². The summed E-state index contributed by atoms with van der Waals surface area (Å²) in [6.07, 6.45) is 4.51. The quantitative estimate of drug-likeness (QED) is 0.718. The van der Waals surface area contributed by atoms with Crippen LogP contribution in [-0.4, -0.2) is 45.2 Å². The summed E-state index contributed by atoms with van der Waals surface area (Å²) in [6.45, 7) is 2.53. The molecule has 8 heteroatoms. The molecule has 0 spiro atoms. The molecule has 0 atom stereocenters. The summed E-state index contributed by atoms with van der Waals surface area (Å²) in [5, 5.41) is 2.73. The summed E-state index contributed by atoms with van der Waals surface area (Å²) < 4.78 is 25.7. The second kappa shape index (κ2) is 8.81. The smallest absolute Gasteiger partial charge is 0.248 e. The fourth-order valence-corrected chi connectivity index (χ4v) is 4.07. The van der Waals surface area contributed by atoms with Gasteiger partial charge in [0.1, 0.15) is 0 Å². The molecule has 3 rings (SSSR count). The van der Waals surface area contributed by atoms with Gasteiger partial charge in [0.15, 0.2) is 0 Å². The summed E-state index contributed by atoms with van der Waals surface area (Å²) in [6, 6.07) is 12.1. The fourth-order valence-electron chi connectivity index (χ4n) is 3.14. The lowest BCUT2D eigenvalue weighted by Crippen LogP contribution is -2.23. The topological polar surface area (TPSA) is 86.8 Å². The SMILES string of the molecule is Cc1ccc(S(=O)(=O)N(C)C)cc1NC(=O)/C=C/c1ccc(N2CCCC2=O)cc1. The van der Waals surface area contributed by atoms with E-state index in [-0.39, 0.29) is 16.7 Å². The minimum Gasteiger partial charge on any atom is -0.322 e. The van der Waals surface area contributed by atoms with Crippen LogP contribution in [0, 0.1) is 6.92 Å². The predicted octanol–water partition coefficient (Wildman–Crippen LogP) is 3.02. The molecule has 30 heavy (non-hydrogen) atoms. The van der Waals surface area contributed by atoms with Gasteiger partial charge >= 0.3 is 0 Å². The van der Waals surface area contributed by atoms with Crippen LogP contribution in [0.5, 0.6) is 0 Å². The van der Waals surface area contributed by atoms with Crippen LogP contribution < -0.4 is 10.2 Å². The van der Waals surface area contributed by atoms with Crippen molar-refractivity contribution in [3.8, 4) is 0 Å². The van der Waals surface area contributed by atoms with E-state index in [9.17, 15) is 18.0 Å². The Balaban J connectivity index is 1.70. The van der Waals surface area contributed by atoms with Crippen LogP contribution in [0.1, 0.15) is 24.0 Å². The van der Waals surface area contributed by atoms with E-state index in [0.717, 1.165) is 34.1 Å². The molecule has 1 fully saturated rings. The number of aryl methyl sites for hydroxylation is 1. The van der Waals surface area contributed by atoms with Gasteiger partial charge in [0.05, 0.1) is 4.90 Å². The molecule has 1 aliphatic heterocycles. The zero-order valence-corrected chi connectivity index (χ0v) is 18.1. The Hall–Kier alpha value is -2.97. The Kier molecular flexibility index (Phi) is 6.38. The molecule has 2 aromatic rings. The molecule has 1 heterocycles. The number of amides is 2. The molecule has 1 saturated heterocycles. The first-order chi connectivity index (χ1) is 14.2. The van der Waals surface area contributed by atoms with Crippen LogP contribution in [0.25, 0.3) is 6.08 Å². The van der Waals surface area contributed by atoms with Gasteiger partial charge in [-0.15, -0.1) is 0 Å². The maximum atomic E-state index is 12.3. The van der Waals surface area contributed by atoms with E-state index in [0.29, 0.717) is 12.1 Å². The summed E-state index contributed by atoms with van der Waals surface area (Å²) in [5.41, 5.74) is 2.87. The van der Waals surface area contributed by atoms with Gasteiger partial charge in [0.25, 0.3) is 0 Å². The average molecular weight is 428 g/mol. The molecular formula is C22H25N3O4S. The van der Waals surface area contributed by atoms with Crippen LogP contribution in [0.15, 0.2) is 53.4 Å². The second-order valence-corrected chi connectivity index (χ2v) is 9.48. The predicted molar refractivity (Wildman–Crippen MR) is 118 cm³/mol. The minimum atomic E-state index is -3.59. The summed E-state index contributed by atoms with van der Waals surface area (Å²) in [4.78, 5) is 26.0. The minimum absolute atomic E-state index is 0.115. The number of nitrogens with zero attached hydrogens (tertiary/aromatic N) is 2. The lowest BCUT2D eigenvalue weighted by atomic mass is 10.1. The van der Waals surface area contributed by atoms with Gasteiger partial charge in [-0.3, -0.25) is 9.59 Å². The first kappa shape index (κ1) is 21.7. The van der Waals surface area contributed by atoms with Crippen molar-refractivity contribution in [3.05, 3.63) is 59.7 Å². The van der Waals surface area contributed by atoms with Gasteiger partial charge in [-0.25, -0.2) is 12.7 Å². The van der Waals surface area contributed by atoms with E-state index in [1.165, 1.54) is 32.3 Å². The first-order valence-corrected chi connectivity index (χ1v) is 11.0. The molecule has 7 nitrogen and oxygen atoms in total. The molecular weight excluding hydrogens is 402 g/mol. The molecule has 0 unspecified atom stereocenters. The number of hydrogen-bond donors (Lipinski definition) is 1. The maximum Gasteiger partial charge on any atom is 0.248 e. The number of carbonyl (C=O) groups excluding carboxylic acids is 2. The van der Waals surface area contributed by atoms with Gasteiger partial charge in [0.2, 0.25) is 21.8 Å². The zero-order valence-electron chi connectivity index (χ0n) is 17.3. The second-order valence-electron chi connectivity index (χ2n) is 7.33. The number of rotatable bonds is 6. The molecule has 1 aliphatic rings. The van der Waals surface area contributed by atoms with Crippen LogP contribution in [0.2, 0.25) is 0 Å². The number of nitrogens with one attached hydrogen (secondary N) is 1. The van der Waals surface area contributed by atoms with Gasteiger partial charge < -0.3 is 10.2 Å². The fraction of sp³-hybridized carbons (Fsp3) is 0.273. The number of carbonyl (C=O) groups is 2. The Morgan fingerprint density at radius 2 is 1.83 bits per heavy atom. The van der Waals surface area contributed by atoms with Crippen LogP contribution in [0.4, 0.5) is 11.4 Å². The highest BCUT2D eigenvalue weighted by Crippen LogP contribution is 2.23. The monoisotopic (exact) mass is 427 g/mol. The molecule has 158 valence electrons. The largest absolute Gasteiger partial charge is 0.322 e. The lowest BCUT2D eigenvalue weighted by molar-refractivity contribution is -0.117. The number of anilines is 2. The normalized spacial score (nSPS) is 14.7. The third-order valence-corrected chi connectivity index (χ3v) is 6.76. The summed E-state index contributed by atoms with van der Waals surface area (Å²) in [5.74, 6) is -0.233. The highest BCUT2D eigenvalue weighted by Gasteiger charge is 2.21. The molecule has 0 aliphatic carbocycles. The van der Waals surface area contributed by atoms with Crippen LogP contribution in [0.3, 0.4) is 0 Å². The third kappa shape index (κ3) is 4.77. The van der Waals surface area contributed by atoms with E-state index in [2.05, 4.69) is 5.32 Å². The average Bonchev–Trinajstić information content (AvgIpc) is 3.14. The van der Waals surface area contributed by atoms with Crippen molar-refractivity contribution < 1.29 is 18.0 Å². The first-order valence-electron chi connectivity index (χ1n) is 9.61. The van der Waals surface area contributed by atoms with E-state index >= 15 is 0 Å². The van der Waals surface area contributed by atoms with Crippen molar-refractivity contribution in [2.45, 2.75) is 24.7 Å². The lowest BCUT2D eigenvalue weighted by Gasteiger charge is -2.15. The Morgan fingerprint density at radius 1 is 1.13 bits per heavy atom. The molecule has 0 bridgehead atoms. The van der Waals surface area contributed by atoms with Gasteiger partial charge in [-0.2, -0.15) is 0 Å². The van der Waals surface area contributed by atoms with E-state index in [1.807, 2.05) is 24.3 Å². The molecule has 2 aromatic carbocycles. The van der Waals surface area contributed by atoms with Crippen molar-refractivity contribution >= 4 is 39.3 Å². The standard InChI is InChI=1S/C22H25N3O4S/c1-16-6-12-19(30(28,29)24(2)3)15-20(16)23-21(26)13-9-17-7-10-18(11-8-17)25-14-4-5-22(25)27/h6-13,15H,4-5,14H2,1-3H3,(H,23,26)/b13-9+. The van der Waals surface area contributed by atoms with Crippen molar-refractivity contribution in [1.29, 1.82) is 0 Å². The van der Waals surface area contributed by atoms with E-state index in [1.54, 1.807) is 24.0 Å².